The molecule has 0 atom stereocenters. The normalized spacial score (nSPS) is 10.8. The smallest absolute Gasteiger partial charge is 0.243 e. The van der Waals surface area contributed by atoms with Crippen LogP contribution < -0.4 is 10.6 Å². The number of anilines is 1. The molecule has 4 rings (SSSR count). The largest absolute Gasteiger partial charge is 0.346 e. The Kier molecular flexibility index (Phi) is 8.07. The zero-order valence-electron chi connectivity index (χ0n) is 20.2. The van der Waals surface area contributed by atoms with Gasteiger partial charge in [-0.2, -0.15) is 0 Å². The van der Waals surface area contributed by atoms with Crippen LogP contribution in [-0.2, 0) is 9.59 Å². The molecule has 0 saturated heterocycles. The number of aromatic nitrogens is 3. The molecular formula is C27H26ClN5O2S. The number of benzene rings is 3. The zero-order chi connectivity index (χ0) is 25.7. The Labute approximate surface area is 219 Å². The molecule has 2 N–H and O–H groups in total. The number of aryl methyl sites for hydroxylation is 2. The molecule has 0 radical (unpaired) electrons. The summed E-state index contributed by atoms with van der Waals surface area (Å²) in [6, 6.07) is 21.1. The van der Waals surface area contributed by atoms with Crippen molar-refractivity contribution in [1.29, 1.82) is 0 Å². The van der Waals surface area contributed by atoms with E-state index in [0.29, 0.717) is 16.0 Å². The number of thioether (sulfide) groups is 1. The maximum absolute atomic E-state index is 12.5. The fourth-order valence-electron chi connectivity index (χ4n) is 3.62. The maximum atomic E-state index is 12.5. The minimum absolute atomic E-state index is 0.0726. The summed E-state index contributed by atoms with van der Waals surface area (Å²) in [5.41, 5.74) is 5.51. The average molecular weight is 520 g/mol. The molecule has 3 aromatic carbocycles. The summed E-state index contributed by atoms with van der Waals surface area (Å²) in [7, 11) is 0. The first-order chi connectivity index (χ1) is 17.3. The molecule has 4 aromatic rings. The molecule has 0 fully saturated rings. The van der Waals surface area contributed by atoms with Gasteiger partial charge in [0, 0.05) is 16.9 Å². The highest BCUT2D eigenvalue weighted by Crippen LogP contribution is 2.32. The van der Waals surface area contributed by atoms with Crippen LogP contribution in [0.4, 0.5) is 5.69 Å². The first-order valence-corrected chi connectivity index (χ1v) is 12.7. The third-order valence-corrected chi connectivity index (χ3v) is 6.92. The van der Waals surface area contributed by atoms with Crippen molar-refractivity contribution in [2.45, 2.75) is 25.9 Å². The highest BCUT2D eigenvalue weighted by Gasteiger charge is 2.19. The molecule has 1 aromatic heterocycles. The fraction of sp³-hybridized carbons (Fsp3) is 0.185. The SMILES string of the molecule is Cc1cccc(-n2c(SCC(=O)NCC(=O)Nc3cccc(C)c3C)nnc2-c2ccccc2Cl)c1. The Morgan fingerprint density at radius 1 is 0.944 bits per heavy atom. The first kappa shape index (κ1) is 25.5. The lowest BCUT2D eigenvalue weighted by Gasteiger charge is -2.12. The topological polar surface area (TPSA) is 88.9 Å². The summed E-state index contributed by atoms with van der Waals surface area (Å²) in [5.74, 6) is 0.0886. The zero-order valence-corrected chi connectivity index (χ0v) is 21.8. The predicted molar refractivity (Wildman–Crippen MR) is 145 cm³/mol. The van der Waals surface area contributed by atoms with E-state index < -0.39 is 0 Å². The standard InChI is InChI=1S/C27H26ClN5O2S/c1-17-8-6-10-20(14-17)33-26(21-11-4-5-12-22(21)28)31-32-27(33)36-16-25(35)29-15-24(34)30-23-13-7-9-18(2)19(23)3/h4-14H,15-16H2,1-3H3,(H,29,35)(H,30,34). The second-order valence-corrected chi connectivity index (χ2v) is 9.67. The van der Waals surface area contributed by atoms with E-state index >= 15 is 0 Å². The molecule has 0 saturated carbocycles. The van der Waals surface area contributed by atoms with E-state index in [0.717, 1.165) is 33.6 Å². The van der Waals surface area contributed by atoms with E-state index in [1.165, 1.54) is 11.8 Å². The molecule has 9 heteroatoms. The summed E-state index contributed by atoms with van der Waals surface area (Å²) < 4.78 is 1.89. The number of nitrogens with one attached hydrogen (secondary N) is 2. The van der Waals surface area contributed by atoms with Gasteiger partial charge in [0.15, 0.2) is 11.0 Å². The van der Waals surface area contributed by atoms with E-state index in [4.69, 9.17) is 11.6 Å². The van der Waals surface area contributed by atoms with E-state index in [1.807, 2.05) is 86.0 Å². The van der Waals surface area contributed by atoms with Crippen molar-refractivity contribution in [1.82, 2.24) is 20.1 Å². The number of carbonyl (C=O) groups is 2. The molecule has 0 spiro atoms. The van der Waals surface area contributed by atoms with E-state index in [2.05, 4.69) is 20.8 Å². The summed E-state index contributed by atoms with van der Waals surface area (Å²) in [6.07, 6.45) is 0. The number of amides is 2. The highest BCUT2D eigenvalue weighted by atomic mass is 35.5. The maximum Gasteiger partial charge on any atom is 0.243 e. The third-order valence-electron chi connectivity index (χ3n) is 5.67. The van der Waals surface area contributed by atoms with Gasteiger partial charge in [-0.3, -0.25) is 14.2 Å². The molecule has 7 nitrogen and oxygen atoms in total. The van der Waals surface area contributed by atoms with Crippen molar-refractivity contribution >= 4 is 40.9 Å². The highest BCUT2D eigenvalue weighted by molar-refractivity contribution is 7.99. The van der Waals surface area contributed by atoms with Gasteiger partial charge in [0.2, 0.25) is 11.8 Å². The third kappa shape index (κ3) is 5.95. The van der Waals surface area contributed by atoms with E-state index in [1.54, 1.807) is 6.07 Å². The van der Waals surface area contributed by atoms with Gasteiger partial charge in [-0.05, 0) is 67.8 Å². The van der Waals surface area contributed by atoms with Crippen LogP contribution >= 0.6 is 23.4 Å². The van der Waals surface area contributed by atoms with Gasteiger partial charge in [-0.15, -0.1) is 10.2 Å². The van der Waals surface area contributed by atoms with Crippen LogP contribution in [0, 0.1) is 20.8 Å². The van der Waals surface area contributed by atoms with Gasteiger partial charge < -0.3 is 10.6 Å². The Bertz CT molecular complexity index is 1420. The van der Waals surface area contributed by atoms with Crippen LogP contribution in [0.5, 0.6) is 0 Å². The van der Waals surface area contributed by atoms with Crippen molar-refractivity contribution in [3.8, 4) is 17.1 Å². The monoisotopic (exact) mass is 519 g/mol. The molecule has 1 heterocycles. The lowest BCUT2D eigenvalue weighted by Crippen LogP contribution is -2.34. The van der Waals surface area contributed by atoms with Crippen molar-refractivity contribution in [3.63, 3.8) is 0 Å². The molecule has 2 amide bonds. The molecule has 0 aliphatic carbocycles. The summed E-state index contributed by atoms with van der Waals surface area (Å²) in [4.78, 5) is 24.9. The fourth-order valence-corrected chi connectivity index (χ4v) is 4.62. The number of halogens is 1. The molecule has 0 aliphatic rings. The minimum atomic E-state index is -0.286. The number of hydrogen-bond donors (Lipinski definition) is 2. The Hall–Kier alpha value is -3.62. The molecular weight excluding hydrogens is 494 g/mol. The number of carbonyl (C=O) groups excluding carboxylic acids is 2. The van der Waals surface area contributed by atoms with Gasteiger partial charge in [0.05, 0.1) is 17.3 Å². The van der Waals surface area contributed by atoms with Crippen LogP contribution in [-0.4, -0.2) is 38.9 Å². The molecule has 36 heavy (non-hydrogen) atoms. The molecule has 0 aliphatic heterocycles. The number of hydrogen-bond acceptors (Lipinski definition) is 5. The van der Waals surface area contributed by atoms with Crippen molar-refractivity contribution < 1.29 is 9.59 Å². The van der Waals surface area contributed by atoms with Gasteiger partial charge in [0.1, 0.15) is 0 Å². The Balaban J connectivity index is 1.45. The van der Waals surface area contributed by atoms with E-state index in [9.17, 15) is 9.59 Å². The molecule has 0 unspecified atom stereocenters. The van der Waals surface area contributed by atoms with Crippen molar-refractivity contribution in [2.75, 3.05) is 17.6 Å². The second kappa shape index (κ2) is 11.4. The average Bonchev–Trinajstić information content (AvgIpc) is 3.28. The minimum Gasteiger partial charge on any atom is -0.346 e. The Morgan fingerprint density at radius 2 is 1.72 bits per heavy atom. The van der Waals surface area contributed by atoms with Crippen LogP contribution in [0.25, 0.3) is 17.1 Å². The van der Waals surface area contributed by atoms with Crippen LogP contribution in [0.2, 0.25) is 5.02 Å². The number of nitrogens with zero attached hydrogens (tertiary/aromatic N) is 3. The Morgan fingerprint density at radius 3 is 2.50 bits per heavy atom. The summed E-state index contributed by atoms with van der Waals surface area (Å²) in [5, 5.41) is 15.3. The van der Waals surface area contributed by atoms with Crippen molar-refractivity contribution in [2.24, 2.45) is 0 Å². The van der Waals surface area contributed by atoms with Gasteiger partial charge in [-0.1, -0.05) is 59.8 Å². The quantitative estimate of drug-likeness (QED) is 0.306. The first-order valence-electron chi connectivity index (χ1n) is 11.4. The molecule has 0 bridgehead atoms. The van der Waals surface area contributed by atoms with Crippen LogP contribution in [0.1, 0.15) is 16.7 Å². The predicted octanol–water partition coefficient (Wildman–Crippen LogP) is 5.36. The van der Waals surface area contributed by atoms with Crippen molar-refractivity contribution in [3.05, 3.63) is 88.4 Å². The summed E-state index contributed by atoms with van der Waals surface area (Å²) in [6.45, 7) is 5.81. The van der Waals surface area contributed by atoms with Gasteiger partial charge in [0.25, 0.3) is 0 Å². The number of rotatable bonds is 8. The lowest BCUT2D eigenvalue weighted by molar-refractivity contribution is -0.122. The van der Waals surface area contributed by atoms with Crippen LogP contribution in [0.3, 0.4) is 0 Å². The van der Waals surface area contributed by atoms with Crippen LogP contribution in [0.15, 0.2) is 71.9 Å². The van der Waals surface area contributed by atoms with Gasteiger partial charge >= 0.3 is 0 Å². The van der Waals surface area contributed by atoms with Gasteiger partial charge in [-0.25, -0.2) is 0 Å². The summed E-state index contributed by atoms with van der Waals surface area (Å²) >= 11 is 7.68. The lowest BCUT2D eigenvalue weighted by atomic mass is 10.1. The second-order valence-electron chi connectivity index (χ2n) is 8.32. The molecule has 184 valence electrons. The van der Waals surface area contributed by atoms with E-state index in [-0.39, 0.29) is 24.1 Å².